The molecule has 4 N–H and O–H groups in total. The van der Waals surface area contributed by atoms with E-state index >= 15 is 0 Å². The molecule has 0 aromatic carbocycles. The predicted octanol–water partition coefficient (Wildman–Crippen LogP) is 0.767. The third-order valence-corrected chi connectivity index (χ3v) is 6.12. The van der Waals surface area contributed by atoms with E-state index in [1.54, 1.807) is 0 Å². The van der Waals surface area contributed by atoms with Gasteiger partial charge in [-0.1, -0.05) is 26.2 Å². The normalized spacial score (nSPS) is 17.4. The zero-order valence-electron chi connectivity index (χ0n) is 19.9. The summed E-state index contributed by atoms with van der Waals surface area (Å²) in [5.41, 5.74) is -1.64. The maximum atomic E-state index is 12.4. The van der Waals surface area contributed by atoms with Gasteiger partial charge >= 0.3 is 17.9 Å². The highest BCUT2D eigenvalue weighted by Crippen LogP contribution is 2.24. The van der Waals surface area contributed by atoms with Crippen LogP contribution in [0.1, 0.15) is 63.3 Å². The molecule has 0 spiro atoms. The lowest BCUT2D eigenvalue weighted by atomic mass is 9.93. The number of aliphatic carboxylic acids is 3. The molecule has 1 aliphatic heterocycles. The molecule has 12 nitrogen and oxygen atoms in total. The molecule has 0 unspecified atom stereocenters. The molecular formula is C23H34N4O8. The Bertz CT molecular complexity index is 870. The summed E-state index contributed by atoms with van der Waals surface area (Å²) >= 11 is 0. The fourth-order valence-electron chi connectivity index (χ4n) is 4.27. The first kappa shape index (κ1) is 28.1. The quantitative estimate of drug-likeness (QED) is 0.380. The second-order valence-corrected chi connectivity index (χ2v) is 8.93. The molecule has 1 saturated heterocycles. The molecule has 0 bridgehead atoms. The number of carboxylic acid groups (broad SMARTS) is 3. The van der Waals surface area contributed by atoms with Crippen molar-refractivity contribution in [3.63, 3.8) is 0 Å². The van der Waals surface area contributed by atoms with Crippen molar-refractivity contribution < 1.29 is 39.6 Å². The van der Waals surface area contributed by atoms with Gasteiger partial charge < -0.3 is 25.3 Å². The number of hydrogen-bond acceptors (Lipinski definition) is 8. The largest absolute Gasteiger partial charge is 0.481 e. The van der Waals surface area contributed by atoms with E-state index < -0.39 is 36.4 Å². The molecule has 1 aromatic heterocycles. The standard InChI is InChI=1S/C17H26N4O.C6H8O7/c1-2-16-18-10-14(11-19-16)12-20-8-9-21(17(22)13-20)15-6-4-3-5-7-15;7-3(8)1-6(13,5(11)12)2-4(9)10/h10-11,15H,2-9,12-13H2,1H3;13H,1-2H2,(H,7,8)(H,9,10)(H,11,12). The molecule has 194 valence electrons. The fraction of sp³-hybridized carbons (Fsp3) is 0.652. The first-order valence-electron chi connectivity index (χ1n) is 11.7. The van der Waals surface area contributed by atoms with Gasteiger partial charge in [0.05, 0.1) is 19.4 Å². The van der Waals surface area contributed by atoms with Crippen molar-refractivity contribution in [1.29, 1.82) is 0 Å². The van der Waals surface area contributed by atoms with E-state index in [-0.39, 0.29) is 0 Å². The molecule has 1 saturated carbocycles. The fourth-order valence-corrected chi connectivity index (χ4v) is 4.27. The third-order valence-electron chi connectivity index (χ3n) is 6.12. The third kappa shape index (κ3) is 8.87. The number of carboxylic acids is 3. The Morgan fingerprint density at radius 2 is 1.57 bits per heavy atom. The van der Waals surface area contributed by atoms with E-state index in [2.05, 4.69) is 26.7 Å². The monoisotopic (exact) mass is 494 g/mol. The van der Waals surface area contributed by atoms with E-state index in [9.17, 15) is 19.2 Å². The van der Waals surface area contributed by atoms with E-state index in [1.807, 2.05) is 12.4 Å². The Kier molecular flexibility index (Phi) is 10.5. The summed E-state index contributed by atoms with van der Waals surface area (Å²) in [6.45, 7) is 5.19. The number of aromatic nitrogens is 2. The summed E-state index contributed by atoms with van der Waals surface area (Å²) in [5, 5.41) is 33.8. The van der Waals surface area contributed by atoms with Gasteiger partial charge in [0.1, 0.15) is 5.82 Å². The van der Waals surface area contributed by atoms with Crippen LogP contribution in [0.2, 0.25) is 0 Å². The Hall–Kier alpha value is -3.12. The SMILES string of the molecule is CCc1ncc(CN2CCN(C3CCCCC3)C(=O)C2)cn1.O=C(O)CC(O)(CC(=O)O)C(=O)O. The van der Waals surface area contributed by atoms with Crippen LogP contribution >= 0.6 is 0 Å². The van der Waals surface area contributed by atoms with Gasteiger partial charge in [-0.2, -0.15) is 0 Å². The second-order valence-electron chi connectivity index (χ2n) is 8.93. The first-order valence-corrected chi connectivity index (χ1v) is 11.7. The number of aliphatic hydroxyl groups is 1. The molecule has 2 fully saturated rings. The van der Waals surface area contributed by atoms with Gasteiger partial charge in [-0.3, -0.25) is 19.3 Å². The van der Waals surface area contributed by atoms with Crippen molar-refractivity contribution in [2.75, 3.05) is 19.6 Å². The lowest BCUT2D eigenvalue weighted by molar-refractivity contribution is -0.170. The lowest BCUT2D eigenvalue weighted by Gasteiger charge is -2.40. The highest BCUT2D eigenvalue weighted by molar-refractivity contribution is 5.88. The van der Waals surface area contributed by atoms with Crippen LogP contribution < -0.4 is 0 Å². The van der Waals surface area contributed by atoms with Crippen LogP contribution in [-0.4, -0.2) is 95.3 Å². The number of amides is 1. The van der Waals surface area contributed by atoms with Crippen LogP contribution in [0.15, 0.2) is 12.4 Å². The summed E-state index contributed by atoms with van der Waals surface area (Å²) in [6, 6.07) is 0.496. The topological polar surface area (TPSA) is 181 Å². The highest BCUT2D eigenvalue weighted by Gasteiger charge is 2.40. The van der Waals surface area contributed by atoms with Crippen LogP contribution in [0.3, 0.4) is 0 Å². The smallest absolute Gasteiger partial charge is 0.336 e. The number of hydrogen-bond donors (Lipinski definition) is 4. The van der Waals surface area contributed by atoms with Crippen LogP contribution in [-0.2, 0) is 32.1 Å². The molecular weight excluding hydrogens is 460 g/mol. The molecule has 3 rings (SSSR count). The molecule has 0 radical (unpaired) electrons. The average Bonchev–Trinajstić information content (AvgIpc) is 2.79. The summed E-state index contributed by atoms with van der Waals surface area (Å²) in [7, 11) is 0. The van der Waals surface area contributed by atoms with Crippen LogP contribution in [0.5, 0.6) is 0 Å². The van der Waals surface area contributed by atoms with Gasteiger partial charge in [0.25, 0.3) is 0 Å². The average molecular weight is 495 g/mol. The minimum Gasteiger partial charge on any atom is -0.481 e. The van der Waals surface area contributed by atoms with Gasteiger partial charge in [0.2, 0.25) is 5.91 Å². The number of nitrogens with zero attached hydrogens (tertiary/aromatic N) is 4. The zero-order chi connectivity index (χ0) is 26.0. The van der Waals surface area contributed by atoms with Crippen LogP contribution in [0, 0.1) is 0 Å². The number of carbonyl (C=O) groups excluding carboxylic acids is 1. The summed E-state index contributed by atoms with van der Waals surface area (Å²) < 4.78 is 0. The molecule has 12 heteroatoms. The van der Waals surface area contributed by atoms with E-state index in [1.165, 1.54) is 32.1 Å². The van der Waals surface area contributed by atoms with Crippen molar-refractivity contribution in [3.05, 3.63) is 23.8 Å². The summed E-state index contributed by atoms with van der Waals surface area (Å²) in [5.74, 6) is -3.85. The minimum absolute atomic E-state index is 0.296. The second kappa shape index (κ2) is 13.1. The molecule has 1 aromatic rings. The number of rotatable bonds is 9. The van der Waals surface area contributed by atoms with Gasteiger partial charge in [-0.25, -0.2) is 14.8 Å². The Labute approximate surface area is 203 Å². The Morgan fingerprint density at radius 3 is 2.03 bits per heavy atom. The van der Waals surface area contributed by atoms with Gasteiger partial charge in [0.15, 0.2) is 5.60 Å². The highest BCUT2D eigenvalue weighted by atomic mass is 16.4. The molecule has 35 heavy (non-hydrogen) atoms. The van der Waals surface area contributed by atoms with Crippen molar-refractivity contribution in [2.45, 2.75) is 76.5 Å². The number of piperazine rings is 1. The van der Waals surface area contributed by atoms with E-state index in [0.29, 0.717) is 18.5 Å². The first-order chi connectivity index (χ1) is 16.5. The van der Waals surface area contributed by atoms with Crippen LogP contribution in [0.4, 0.5) is 0 Å². The molecule has 1 aliphatic carbocycles. The molecule has 2 heterocycles. The Balaban J connectivity index is 0.000000287. The predicted molar refractivity (Wildman–Crippen MR) is 122 cm³/mol. The Morgan fingerprint density at radius 1 is 1.00 bits per heavy atom. The van der Waals surface area contributed by atoms with Gasteiger partial charge in [-0.05, 0) is 12.8 Å². The van der Waals surface area contributed by atoms with Crippen molar-refractivity contribution in [3.8, 4) is 0 Å². The van der Waals surface area contributed by atoms with Crippen LogP contribution in [0.25, 0.3) is 0 Å². The lowest BCUT2D eigenvalue weighted by Crippen LogP contribution is -2.54. The molecule has 0 atom stereocenters. The van der Waals surface area contributed by atoms with Crippen molar-refractivity contribution in [2.24, 2.45) is 0 Å². The minimum atomic E-state index is -2.74. The number of carbonyl (C=O) groups is 4. The van der Waals surface area contributed by atoms with Gasteiger partial charge in [0, 0.05) is 50.1 Å². The molecule has 2 aliphatic rings. The summed E-state index contributed by atoms with van der Waals surface area (Å²) in [6.07, 6.45) is 8.63. The maximum Gasteiger partial charge on any atom is 0.336 e. The maximum absolute atomic E-state index is 12.4. The zero-order valence-corrected chi connectivity index (χ0v) is 19.9. The molecule has 1 amide bonds. The van der Waals surface area contributed by atoms with Crippen molar-refractivity contribution in [1.82, 2.24) is 19.8 Å². The van der Waals surface area contributed by atoms with Crippen molar-refractivity contribution >= 4 is 23.8 Å². The van der Waals surface area contributed by atoms with E-state index in [0.717, 1.165) is 37.4 Å². The van der Waals surface area contributed by atoms with Gasteiger partial charge in [-0.15, -0.1) is 0 Å². The van der Waals surface area contributed by atoms with E-state index in [4.69, 9.17) is 20.4 Å². The summed E-state index contributed by atoms with van der Waals surface area (Å²) in [4.78, 5) is 56.0. The number of aryl methyl sites for hydroxylation is 1.